The summed E-state index contributed by atoms with van der Waals surface area (Å²) in [4.78, 5) is 74.8. The SMILES string of the molecule is O=C1OC2(CCC3(CC2)OC(=O)C(=C/C=C/CCC2=C(O)OC(C(F)(F)F)(C(F)(F)F)OC2=O)C(=O)O3)OC(=O)C1=C/C=C/C=C/C1=C(O)OC(C(F)(F)F)(C(F)(F)F)OC1=O. The van der Waals surface area contributed by atoms with Crippen LogP contribution in [0.25, 0.3) is 0 Å². The van der Waals surface area contributed by atoms with E-state index in [1.54, 1.807) is 0 Å². The number of carbonyl (C=O) groups is 6. The minimum absolute atomic E-state index is 0.402. The van der Waals surface area contributed by atoms with Crippen molar-refractivity contribution < 1.29 is 130 Å². The summed E-state index contributed by atoms with van der Waals surface area (Å²) in [6.45, 7) is 0. The molecule has 0 aromatic carbocycles. The van der Waals surface area contributed by atoms with E-state index in [0.29, 0.717) is 6.08 Å². The van der Waals surface area contributed by atoms with Gasteiger partial charge in [-0.05, 0) is 31.1 Å². The summed E-state index contributed by atoms with van der Waals surface area (Å²) in [5, 5.41) is 19.3. The lowest BCUT2D eigenvalue weighted by Gasteiger charge is -2.45. The van der Waals surface area contributed by atoms with Crippen molar-refractivity contribution in [2.24, 2.45) is 0 Å². The molecule has 3 fully saturated rings. The Morgan fingerprint density at radius 1 is 0.468 bits per heavy atom. The molecule has 0 aromatic heterocycles. The van der Waals surface area contributed by atoms with Gasteiger partial charge < -0.3 is 48.1 Å². The van der Waals surface area contributed by atoms with Crippen LogP contribution in [0.5, 0.6) is 0 Å². The van der Waals surface area contributed by atoms with Gasteiger partial charge in [0.05, 0.1) is 0 Å². The lowest BCUT2D eigenvalue weighted by molar-refractivity contribution is -0.456. The molecule has 5 aliphatic rings. The number of carbonyl (C=O) groups excluding carboxylic acids is 6. The molecule has 2 spiro atoms. The van der Waals surface area contributed by atoms with Crippen LogP contribution in [0, 0.1) is 0 Å². The topological polar surface area (TPSA) is 217 Å². The number of halogens is 12. The normalized spacial score (nSPS) is 26.0. The molecule has 0 unspecified atom stereocenters. The third kappa shape index (κ3) is 8.48. The molecule has 2 N–H and O–H groups in total. The maximum Gasteiger partial charge on any atom is 0.478 e. The molecule has 0 amide bonds. The average Bonchev–Trinajstić information content (AvgIpc) is 3.11. The summed E-state index contributed by atoms with van der Waals surface area (Å²) in [6, 6.07) is 0. The van der Waals surface area contributed by atoms with Crippen molar-refractivity contribution in [3.05, 3.63) is 82.8 Å². The number of ether oxygens (including phenoxy) is 8. The monoisotopic (exact) mass is 914 g/mol. The van der Waals surface area contributed by atoms with Crippen molar-refractivity contribution in [3.63, 3.8) is 0 Å². The lowest BCUT2D eigenvalue weighted by atomic mass is 9.87. The summed E-state index contributed by atoms with van der Waals surface area (Å²) in [6.07, 6.45) is -21.4. The molecule has 1 aliphatic carbocycles. The largest absolute Gasteiger partial charge is 0.481 e. The van der Waals surface area contributed by atoms with Gasteiger partial charge in [-0.2, -0.15) is 52.7 Å². The lowest BCUT2D eigenvalue weighted by Crippen LogP contribution is -2.63. The molecular formula is C34H22F12O16. The predicted molar refractivity (Wildman–Crippen MR) is 164 cm³/mol. The Morgan fingerprint density at radius 3 is 1.24 bits per heavy atom. The molecule has 4 aliphatic heterocycles. The van der Waals surface area contributed by atoms with Gasteiger partial charge in [0.1, 0.15) is 22.3 Å². The van der Waals surface area contributed by atoms with Crippen molar-refractivity contribution >= 4 is 35.8 Å². The highest BCUT2D eigenvalue weighted by Gasteiger charge is 2.81. The second-order valence-corrected chi connectivity index (χ2v) is 13.0. The molecule has 0 atom stereocenters. The van der Waals surface area contributed by atoms with Gasteiger partial charge in [0.15, 0.2) is 0 Å². The van der Waals surface area contributed by atoms with Crippen molar-refractivity contribution in [2.45, 2.75) is 86.4 Å². The maximum atomic E-state index is 13.1. The van der Waals surface area contributed by atoms with Crippen LogP contribution in [0.15, 0.2) is 82.8 Å². The van der Waals surface area contributed by atoms with E-state index in [2.05, 4.69) is 18.9 Å². The smallest absolute Gasteiger partial charge is 0.478 e. The Hall–Kier alpha value is -6.64. The number of alkyl halides is 12. The van der Waals surface area contributed by atoms with E-state index in [9.17, 15) is 91.7 Å². The Bertz CT molecular complexity index is 2090. The van der Waals surface area contributed by atoms with E-state index in [-0.39, 0.29) is 0 Å². The van der Waals surface area contributed by atoms with Gasteiger partial charge in [0.2, 0.25) is 0 Å². The summed E-state index contributed by atoms with van der Waals surface area (Å²) in [7, 11) is 0. The zero-order valence-corrected chi connectivity index (χ0v) is 30.0. The van der Waals surface area contributed by atoms with Gasteiger partial charge in [-0.25, -0.2) is 28.8 Å². The molecule has 2 saturated heterocycles. The zero-order valence-electron chi connectivity index (χ0n) is 30.0. The minimum Gasteiger partial charge on any atom is -0.481 e. The summed E-state index contributed by atoms with van der Waals surface area (Å²) < 4.78 is 193. The molecule has 1 saturated carbocycles. The van der Waals surface area contributed by atoms with E-state index < -0.39 is 156 Å². The number of allylic oxidation sites excluding steroid dienone is 7. The average molecular weight is 915 g/mol. The van der Waals surface area contributed by atoms with Crippen LogP contribution in [-0.4, -0.2) is 93.9 Å². The number of aliphatic hydroxyl groups is 2. The van der Waals surface area contributed by atoms with Crippen LogP contribution in [0.2, 0.25) is 0 Å². The maximum absolute atomic E-state index is 13.1. The Morgan fingerprint density at radius 2 is 0.855 bits per heavy atom. The van der Waals surface area contributed by atoms with E-state index >= 15 is 0 Å². The molecular weight excluding hydrogens is 892 g/mol. The predicted octanol–water partition coefficient (Wildman–Crippen LogP) is 5.78. The fourth-order valence-electron chi connectivity index (χ4n) is 5.77. The first-order valence-electron chi connectivity index (χ1n) is 16.7. The zero-order chi connectivity index (χ0) is 46.5. The number of hydrogen-bond donors (Lipinski definition) is 2. The van der Waals surface area contributed by atoms with Gasteiger partial charge in [-0.3, -0.25) is 0 Å². The Kier molecular flexibility index (Phi) is 11.7. The summed E-state index contributed by atoms with van der Waals surface area (Å²) in [5.41, 5.74) is -3.83. The third-order valence-corrected chi connectivity index (χ3v) is 8.88. The van der Waals surface area contributed by atoms with Crippen molar-refractivity contribution in [1.29, 1.82) is 0 Å². The molecule has 0 radical (unpaired) electrons. The fraction of sp³-hybridized carbons (Fsp3) is 0.412. The first-order valence-corrected chi connectivity index (χ1v) is 16.7. The number of cyclic esters (lactones) is 2. The molecule has 338 valence electrons. The van der Waals surface area contributed by atoms with Crippen LogP contribution in [-0.2, 0) is 66.7 Å². The number of hydrogen-bond acceptors (Lipinski definition) is 16. The van der Waals surface area contributed by atoms with Gasteiger partial charge in [0, 0.05) is 25.7 Å². The van der Waals surface area contributed by atoms with Crippen LogP contribution < -0.4 is 0 Å². The summed E-state index contributed by atoms with van der Waals surface area (Å²) in [5.74, 6) is -28.4. The standard InChI is InChI=1S/C34H22F12O16/c35-31(36,37)29(32(38,39)40)59-23(51)17(24(52)60-29)9-5-1-3-7-15-19(47)55-27(56-20(15)48)11-13-28(14-12-27)57-21(49)16(22(50)58-28)8-4-2-6-10-18-25(53)61-30(33(41,42)43,34(44,45)46)62-26(18)54/h1-5,7-9,51,53H,6,10-14H2/b3-1+,4-2+,9-5+,15-7?,16-8?. The van der Waals surface area contributed by atoms with Crippen LogP contribution >= 0.6 is 0 Å². The van der Waals surface area contributed by atoms with Crippen LogP contribution in [0.3, 0.4) is 0 Å². The highest BCUT2D eigenvalue weighted by atomic mass is 19.4. The molecule has 4 heterocycles. The third-order valence-electron chi connectivity index (χ3n) is 8.88. The van der Waals surface area contributed by atoms with E-state index in [0.717, 1.165) is 42.5 Å². The summed E-state index contributed by atoms with van der Waals surface area (Å²) >= 11 is 0. The van der Waals surface area contributed by atoms with Crippen LogP contribution in [0.4, 0.5) is 52.7 Å². The van der Waals surface area contributed by atoms with Crippen molar-refractivity contribution in [3.8, 4) is 0 Å². The van der Waals surface area contributed by atoms with E-state index in [4.69, 9.17) is 18.9 Å². The fourth-order valence-corrected chi connectivity index (χ4v) is 5.77. The first kappa shape index (κ1) is 46.4. The first-order chi connectivity index (χ1) is 28.4. The Balaban J connectivity index is 1.14. The van der Waals surface area contributed by atoms with E-state index in [1.807, 2.05) is 0 Å². The number of rotatable bonds is 7. The number of aliphatic hydroxyl groups excluding tert-OH is 2. The molecule has 28 heteroatoms. The van der Waals surface area contributed by atoms with Crippen LogP contribution in [0.1, 0.15) is 38.5 Å². The molecule has 5 rings (SSSR count). The Labute approximate surface area is 334 Å². The molecule has 62 heavy (non-hydrogen) atoms. The van der Waals surface area contributed by atoms with Crippen molar-refractivity contribution in [1.82, 2.24) is 0 Å². The van der Waals surface area contributed by atoms with Gasteiger partial charge >= 0.3 is 72.1 Å². The second kappa shape index (κ2) is 15.7. The number of esters is 6. The van der Waals surface area contributed by atoms with E-state index in [1.165, 1.54) is 0 Å². The van der Waals surface area contributed by atoms with Crippen molar-refractivity contribution in [2.75, 3.05) is 0 Å². The molecule has 16 nitrogen and oxygen atoms in total. The second-order valence-electron chi connectivity index (χ2n) is 13.0. The van der Waals surface area contributed by atoms with Gasteiger partial charge in [-0.15, -0.1) is 0 Å². The molecule has 0 bridgehead atoms. The van der Waals surface area contributed by atoms with Gasteiger partial charge in [0.25, 0.3) is 23.5 Å². The minimum atomic E-state index is -6.35. The van der Waals surface area contributed by atoms with Gasteiger partial charge in [-0.1, -0.05) is 30.4 Å². The highest BCUT2D eigenvalue weighted by Crippen LogP contribution is 2.52. The highest BCUT2D eigenvalue weighted by molar-refractivity contribution is 6.16. The quantitative estimate of drug-likeness (QED) is 0.0773. The molecule has 0 aromatic rings.